The van der Waals surface area contributed by atoms with E-state index in [1.54, 1.807) is 6.92 Å². The summed E-state index contributed by atoms with van der Waals surface area (Å²) >= 11 is 0. The molecule has 1 aromatic carbocycles. The van der Waals surface area contributed by atoms with Gasteiger partial charge in [-0.1, -0.05) is 6.07 Å². The van der Waals surface area contributed by atoms with Crippen molar-refractivity contribution >= 4 is 0 Å². The van der Waals surface area contributed by atoms with Gasteiger partial charge in [-0.3, -0.25) is 0 Å². The van der Waals surface area contributed by atoms with Gasteiger partial charge in [0.15, 0.2) is 11.5 Å². The van der Waals surface area contributed by atoms with Crippen LogP contribution in [0.1, 0.15) is 12.5 Å². The molecule has 100 valence electrons. The fourth-order valence-corrected chi connectivity index (χ4v) is 1.73. The summed E-state index contributed by atoms with van der Waals surface area (Å²) in [7, 11) is 0. The lowest BCUT2D eigenvalue weighted by atomic mass is 10.1. The van der Waals surface area contributed by atoms with E-state index < -0.39 is 5.60 Å². The lowest BCUT2D eigenvalue weighted by Gasteiger charge is -2.21. The average molecular weight is 253 g/mol. The van der Waals surface area contributed by atoms with Crippen molar-refractivity contribution in [3.05, 3.63) is 23.8 Å². The molecule has 0 amide bonds. The molecule has 0 bridgehead atoms. The summed E-state index contributed by atoms with van der Waals surface area (Å²) in [5.74, 6) is 1.53. The zero-order valence-corrected chi connectivity index (χ0v) is 10.5. The second-order valence-corrected chi connectivity index (χ2v) is 4.74. The molecule has 1 aromatic rings. The Morgan fingerprint density at radius 2 is 2.00 bits per heavy atom. The van der Waals surface area contributed by atoms with E-state index in [4.69, 9.17) is 14.6 Å². The van der Waals surface area contributed by atoms with Gasteiger partial charge in [-0.15, -0.1) is 0 Å². The number of fused-ring (bicyclic) bond motifs is 1. The molecule has 2 rings (SSSR count). The fraction of sp³-hybridized carbons (Fsp3) is 0.538. The largest absolute Gasteiger partial charge is 0.486 e. The SMILES string of the molecule is CC(O)(CO)CNCc1ccc2c(c1)OCCO2. The summed E-state index contributed by atoms with van der Waals surface area (Å²) in [6, 6.07) is 5.76. The fourth-order valence-electron chi connectivity index (χ4n) is 1.73. The van der Waals surface area contributed by atoms with Crippen molar-refractivity contribution in [1.82, 2.24) is 5.32 Å². The Kier molecular flexibility index (Phi) is 4.06. The Hall–Kier alpha value is -1.30. The molecule has 3 N–H and O–H groups in total. The molecule has 5 nitrogen and oxygen atoms in total. The summed E-state index contributed by atoms with van der Waals surface area (Å²) in [5, 5.41) is 21.7. The summed E-state index contributed by atoms with van der Waals surface area (Å²) < 4.78 is 10.9. The molecule has 0 spiro atoms. The van der Waals surface area contributed by atoms with Crippen LogP contribution in [0.4, 0.5) is 0 Å². The minimum absolute atomic E-state index is 0.263. The van der Waals surface area contributed by atoms with E-state index in [0.717, 1.165) is 17.1 Å². The Balaban J connectivity index is 1.90. The number of ether oxygens (including phenoxy) is 2. The summed E-state index contributed by atoms with van der Waals surface area (Å²) in [6.07, 6.45) is 0. The van der Waals surface area contributed by atoms with E-state index in [1.165, 1.54) is 0 Å². The lowest BCUT2D eigenvalue weighted by Crippen LogP contribution is -2.40. The first-order valence-electron chi connectivity index (χ1n) is 6.03. The number of nitrogens with one attached hydrogen (secondary N) is 1. The zero-order chi connectivity index (χ0) is 13.0. The number of aliphatic hydroxyl groups is 2. The second-order valence-electron chi connectivity index (χ2n) is 4.74. The van der Waals surface area contributed by atoms with Crippen molar-refractivity contribution in [3.8, 4) is 11.5 Å². The van der Waals surface area contributed by atoms with Gasteiger partial charge in [0.05, 0.1) is 12.2 Å². The molecule has 1 atom stereocenters. The van der Waals surface area contributed by atoms with E-state index in [0.29, 0.717) is 26.3 Å². The molecule has 0 radical (unpaired) electrons. The van der Waals surface area contributed by atoms with Crippen molar-refractivity contribution < 1.29 is 19.7 Å². The van der Waals surface area contributed by atoms with Crippen LogP contribution < -0.4 is 14.8 Å². The third kappa shape index (κ3) is 3.35. The van der Waals surface area contributed by atoms with Crippen molar-refractivity contribution in [2.24, 2.45) is 0 Å². The number of hydrogen-bond acceptors (Lipinski definition) is 5. The quantitative estimate of drug-likeness (QED) is 0.703. The van der Waals surface area contributed by atoms with E-state index in [9.17, 15) is 5.11 Å². The van der Waals surface area contributed by atoms with Crippen LogP contribution in [-0.4, -0.2) is 42.2 Å². The van der Waals surface area contributed by atoms with Gasteiger partial charge in [0.2, 0.25) is 0 Å². The van der Waals surface area contributed by atoms with Gasteiger partial charge in [-0.05, 0) is 24.6 Å². The van der Waals surface area contributed by atoms with Gasteiger partial charge >= 0.3 is 0 Å². The van der Waals surface area contributed by atoms with Crippen LogP contribution in [0.2, 0.25) is 0 Å². The smallest absolute Gasteiger partial charge is 0.161 e. The Morgan fingerprint density at radius 3 is 2.72 bits per heavy atom. The van der Waals surface area contributed by atoms with E-state index in [2.05, 4.69) is 5.32 Å². The molecule has 0 saturated carbocycles. The summed E-state index contributed by atoms with van der Waals surface area (Å²) in [6.45, 7) is 3.42. The van der Waals surface area contributed by atoms with E-state index in [1.807, 2.05) is 18.2 Å². The molecule has 0 fully saturated rings. The van der Waals surface area contributed by atoms with Gasteiger partial charge in [0, 0.05) is 13.1 Å². The molecular weight excluding hydrogens is 234 g/mol. The number of benzene rings is 1. The van der Waals surface area contributed by atoms with Crippen LogP contribution in [0.15, 0.2) is 18.2 Å². The Morgan fingerprint density at radius 1 is 1.28 bits per heavy atom. The molecule has 0 aromatic heterocycles. The summed E-state index contributed by atoms with van der Waals surface area (Å²) in [5.41, 5.74) is -0.0404. The zero-order valence-electron chi connectivity index (χ0n) is 10.5. The number of aliphatic hydroxyl groups excluding tert-OH is 1. The van der Waals surface area contributed by atoms with Crippen LogP contribution in [-0.2, 0) is 6.54 Å². The van der Waals surface area contributed by atoms with Crippen LogP contribution in [0.5, 0.6) is 11.5 Å². The number of rotatable bonds is 5. The topological polar surface area (TPSA) is 71.0 Å². The molecule has 18 heavy (non-hydrogen) atoms. The highest BCUT2D eigenvalue weighted by atomic mass is 16.6. The van der Waals surface area contributed by atoms with Gasteiger partial charge in [-0.2, -0.15) is 0 Å². The minimum Gasteiger partial charge on any atom is -0.486 e. The highest BCUT2D eigenvalue weighted by molar-refractivity contribution is 5.43. The maximum absolute atomic E-state index is 9.64. The third-order valence-electron chi connectivity index (χ3n) is 2.78. The lowest BCUT2D eigenvalue weighted by molar-refractivity contribution is 0.00253. The average Bonchev–Trinajstić information content (AvgIpc) is 2.38. The maximum Gasteiger partial charge on any atom is 0.161 e. The van der Waals surface area contributed by atoms with Gasteiger partial charge < -0.3 is 25.0 Å². The molecule has 1 heterocycles. The molecule has 0 saturated heterocycles. The predicted octanol–water partition coefficient (Wildman–Crippen LogP) is 0.291. The highest BCUT2D eigenvalue weighted by Gasteiger charge is 2.18. The van der Waals surface area contributed by atoms with Crippen LogP contribution in [0, 0.1) is 0 Å². The maximum atomic E-state index is 9.64. The first-order valence-corrected chi connectivity index (χ1v) is 6.03. The van der Waals surface area contributed by atoms with Crippen molar-refractivity contribution in [3.63, 3.8) is 0 Å². The highest BCUT2D eigenvalue weighted by Crippen LogP contribution is 2.30. The Labute approximate surface area is 106 Å². The standard InChI is InChI=1S/C13H19NO4/c1-13(16,9-15)8-14-7-10-2-3-11-12(6-10)18-5-4-17-11/h2-3,6,14-16H,4-5,7-9H2,1H3. The third-order valence-corrected chi connectivity index (χ3v) is 2.78. The van der Waals surface area contributed by atoms with Crippen LogP contribution >= 0.6 is 0 Å². The molecule has 1 aliphatic rings. The minimum atomic E-state index is -1.09. The Bertz CT molecular complexity index is 406. The molecule has 5 heteroatoms. The molecule has 0 aliphatic carbocycles. The van der Waals surface area contributed by atoms with E-state index in [-0.39, 0.29) is 6.61 Å². The monoisotopic (exact) mass is 253 g/mol. The van der Waals surface area contributed by atoms with Gasteiger partial charge in [0.25, 0.3) is 0 Å². The predicted molar refractivity (Wildman–Crippen MR) is 66.8 cm³/mol. The van der Waals surface area contributed by atoms with Crippen molar-refractivity contribution in [2.75, 3.05) is 26.4 Å². The summed E-state index contributed by atoms with van der Waals surface area (Å²) in [4.78, 5) is 0. The van der Waals surface area contributed by atoms with Crippen molar-refractivity contribution in [1.29, 1.82) is 0 Å². The van der Waals surface area contributed by atoms with Crippen molar-refractivity contribution in [2.45, 2.75) is 19.1 Å². The van der Waals surface area contributed by atoms with Crippen LogP contribution in [0.25, 0.3) is 0 Å². The normalized spacial score (nSPS) is 17.3. The van der Waals surface area contributed by atoms with E-state index >= 15 is 0 Å². The molecular formula is C13H19NO4. The van der Waals surface area contributed by atoms with Gasteiger partial charge in [-0.25, -0.2) is 0 Å². The second kappa shape index (κ2) is 5.56. The number of hydrogen-bond donors (Lipinski definition) is 3. The van der Waals surface area contributed by atoms with Crippen LogP contribution in [0.3, 0.4) is 0 Å². The van der Waals surface area contributed by atoms with Gasteiger partial charge in [0.1, 0.15) is 13.2 Å². The molecule has 1 aliphatic heterocycles. The first kappa shape index (κ1) is 13.1. The first-order chi connectivity index (χ1) is 8.61. The molecule has 1 unspecified atom stereocenters.